The van der Waals surface area contributed by atoms with Gasteiger partial charge in [0, 0.05) is 32.8 Å². The number of fused-ring (bicyclic) bond motifs is 6. The Kier molecular flexibility index (Phi) is 6.15. The quantitative estimate of drug-likeness (QED) is 0.196. The van der Waals surface area contributed by atoms with Gasteiger partial charge in [0.25, 0.3) is 0 Å². The number of aromatic nitrogens is 4. The van der Waals surface area contributed by atoms with E-state index in [0.717, 1.165) is 38.5 Å². The van der Waals surface area contributed by atoms with E-state index in [9.17, 15) is 0 Å². The summed E-state index contributed by atoms with van der Waals surface area (Å²) < 4.78 is 2.41. The maximum Gasteiger partial charge on any atom is 0.164 e. The maximum absolute atomic E-state index is 5.11. The third-order valence-electron chi connectivity index (χ3n) is 9.57. The molecule has 0 saturated carbocycles. The number of nitrogens with zero attached hydrogens (tertiary/aromatic N) is 4. The van der Waals surface area contributed by atoms with Crippen LogP contribution in [0, 0.1) is 0 Å². The van der Waals surface area contributed by atoms with Gasteiger partial charge >= 0.3 is 0 Å². The van der Waals surface area contributed by atoms with E-state index < -0.39 is 0 Å². The molecule has 0 radical (unpaired) electrons. The third-order valence-corrected chi connectivity index (χ3v) is 9.57. The van der Waals surface area contributed by atoms with Crippen LogP contribution < -0.4 is 0 Å². The van der Waals surface area contributed by atoms with Crippen molar-refractivity contribution in [3.8, 4) is 39.9 Å². The Labute approximate surface area is 282 Å². The molecular formula is C45H28N4. The van der Waals surface area contributed by atoms with Gasteiger partial charge in [0.1, 0.15) is 0 Å². The van der Waals surface area contributed by atoms with Gasteiger partial charge in [0.2, 0.25) is 0 Å². The standard InChI is InChI=1S/C45H28N4/c1-2-12-31(13-3-1)43-46-44(35-23-21-29-11-4-5-14-32(29)25-35)48-45(47-43)36-24-22-30-17-10-20-41(38(30)27-36)49-40-19-9-8-18-37(40)39-26-33-15-6-7-16-34(33)28-42(39)49/h1-28H. The summed E-state index contributed by atoms with van der Waals surface area (Å²) in [5, 5.41) is 9.56. The van der Waals surface area contributed by atoms with Crippen molar-refractivity contribution in [2.24, 2.45) is 0 Å². The van der Waals surface area contributed by atoms with Gasteiger partial charge in [-0.1, -0.05) is 133 Å². The molecule has 49 heavy (non-hydrogen) atoms. The van der Waals surface area contributed by atoms with Gasteiger partial charge in [-0.15, -0.1) is 0 Å². The number of rotatable bonds is 4. The topological polar surface area (TPSA) is 43.6 Å². The molecule has 0 bridgehead atoms. The Morgan fingerprint density at radius 2 is 0.878 bits per heavy atom. The highest BCUT2D eigenvalue weighted by atomic mass is 15.0. The van der Waals surface area contributed by atoms with Crippen LogP contribution >= 0.6 is 0 Å². The smallest absolute Gasteiger partial charge is 0.164 e. The summed E-state index contributed by atoms with van der Waals surface area (Å²) in [6.07, 6.45) is 0. The highest BCUT2D eigenvalue weighted by Gasteiger charge is 2.17. The van der Waals surface area contributed by atoms with Crippen molar-refractivity contribution in [3.63, 3.8) is 0 Å². The minimum Gasteiger partial charge on any atom is -0.309 e. The van der Waals surface area contributed by atoms with Crippen LogP contribution in [0.25, 0.3) is 94.0 Å². The first-order valence-electron chi connectivity index (χ1n) is 16.5. The van der Waals surface area contributed by atoms with Crippen LogP contribution in [0.2, 0.25) is 0 Å². The molecule has 4 heteroatoms. The second-order valence-corrected chi connectivity index (χ2v) is 12.5. The molecular weight excluding hydrogens is 597 g/mol. The van der Waals surface area contributed by atoms with E-state index in [1.807, 2.05) is 30.3 Å². The van der Waals surface area contributed by atoms with Crippen LogP contribution in [0.1, 0.15) is 0 Å². The molecule has 0 aliphatic rings. The lowest BCUT2D eigenvalue weighted by molar-refractivity contribution is 1.07. The van der Waals surface area contributed by atoms with Gasteiger partial charge in [0.05, 0.1) is 16.7 Å². The molecule has 10 aromatic rings. The molecule has 4 nitrogen and oxygen atoms in total. The summed E-state index contributed by atoms with van der Waals surface area (Å²) in [4.78, 5) is 15.2. The second-order valence-electron chi connectivity index (χ2n) is 12.5. The molecule has 0 aliphatic heterocycles. The van der Waals surface area contributed by atoms with Crippen LogP contribution in [0.15, 0.2) is 170 Å². The van der Waals surface area contributed by atoms with Gasteiger partial charge in [-0.2, -0.15) is 0 Å². The molecule has 0 saturated heterocycles. The first kappa shape index (κ1) is 27.5. The maximum atomic E-state index is 5.11. The average Bonchev–Trinajstić information content (AvgIpc) is 3.49. The molecule has 8 aromatic carbocycles. The molecule has 0 aliphatic carbocycles. The number of para-hydroxylation sites is 1. The number of benzene rings is 8. The minimum atomic E-state index is 0.641. The highest BCUT2D eigenvalue weighted by Crippen LogP contribution is 2.38. The van der Waals surface area contributed by atoms with E-state index in [0.29, 0.717) is 17.5 Å². The molecule has 0 N–H and O–H groups in total. The summed E-state index contributed by atoms with van der Waals surface area (Å²) in [6, 6.07) is 59.9. The van der Waals surface area contributed by atoms with E-state index >= 15 is 0 Å². The summed E-state index contributed by atoms with van der Waals surface area (Å²) in [6.45, 7) is 0. The van der Waals surface area contributed by atoms with E-state index in [-0.39, 0.29) is 0 Å². The van der Waals surface area contributed by atoms with Gasteiger partial charge in [-0.3, -0.25) is 0 Å². The number of hydrogen-bond acceptors (Lipinski definition) is 3. The fourth-order valence-corrected chi connectivity index (χ4v) is 7.18. The summed E-state index contributed by atoms with van der Waals surface area (Å²) in [5.74, 6) is 1.94. The molecule has 0 amide bonds. The van der Waals surface area contributed by atoms with E-state index in [2.05, 4.69) is 144 Å². The largest absolute Gasteiger partial charge is 0.309 e. The highest BCUT2D eigenvalue weighted by molar-refractivity contribution is 6.14. The van der Waals surface area contributed by atoms with Crippen LogP contribution in [0.5, 0.6) is 0 Å². The Morgan fingerprint density at radius 1 is 0.306 bits per heavy atom. The van der Waals surface area contributed by atoms with Crippen molar-refractivity contribution in [3.05, 3.63) is 170 Å². The predicted molar refractivity (Wildman–Crippen MR) is 203 cm³/mol. The van der Waals surface area contributed by atoms with E-state index in [1.165, 1.54) is 38.0 Å². The average molecular weight is 625 g/mol. The summed E-state index contributed by atoms with van der Waals surface area (Å²) in [7, 11) is 0. The van der Waals surface area contributed by atoms with Crippen LogP contribution in [0.4, 0.5) is 0 Å². The summed E-state index contributed by atoms with van der Waals surface area (Å²) in [5.41, 5.74) is 6.32. The Hall–Kier alpha value is -6.65. The monoisotopic (exact) mass is 624 g/mol. The van der Waals surface area contributed by atoms with Crippen molar-refractivity contribution in [2.75, 3.05) is 0 Å². The van der Waals surface area contributed by atoms with Crippen LogP contribution in [0.3, 0.4) is 0 Å². The minimum absolute atomic E-state index is 0.641. The predicted octanol–water partition coefficient (Wildman–Crippen LogP) is 11.4. The van der Waals surface area contributed by atoms with Crippen molar-refractivity contribution < 1.29 is 0 Å². The van der Waals surface area contributed by atoms with E-state index in [4.69, 9.17) is 15.0 Å². The zero-order valence-electron chi connectivity index (χ0n) is 26.5. The molecule has 228 valence electrons. The Bertz CT molecular complexity index is 2890. The molecule has 0 fully saturated rings. The first-order valence-corrected chi connectivity index (χ1v) is 16.5. The third kappa shape index (κ3) is 4.57. The van der Waals surface area contributed by atoms with Crippen LogP contribution in [-0.2, 0) is 0 Å². The normalized spacial score (nSPS) is 11.7. The van der Waals surface area contributed by atoms with Crippen molar-refractivity contribution in [1.82, 2.24) is 19.5 Å². The van der Waals surface area contributed by atoms with Gasteiger partial charge in [-0.05, 0) is 63.3 Å². The second kappa shape index (κ2) is 11.0. The lowest BCUT2D eigenvalue weighted by Gasteiger charge is -2.14. The Morgan fingerprint density at radius 3 is 1.65 bits per heavy atom. The molecule has 2 aromatic heterocycles. The molecule has 0 spiro atoms. The molecule has 2 heterocycles. The SMILES string of the molecule is c1ccc(-c2nc(-c3ccc4ccccc4c3)nc(-c3ccc4cccc(-n5c6ccccc6c6cc7ccccc7cc65)c4c3)n2)cc1. The lowest BCUT2D eigenvalue weighted by Crippen LogP contribution is -2.00. The lowest BCUT2D eigenvalue weighted by atomic mass is 10.0. The zero-order chi connectivity index (χ0) is 32.3. The van der Waals surface area contributed by atoms with Crippen molar-refractivity contribution in [2.45, 2.75) is 0 Å². The fraction of sp³-hybridized carbons (Fsp3) is 0. The molecule has 10 rings (SSSR count). The first-order chi connectivity index (χ1) is 24.3. The van der Waals surface area contributed by atoms with Crippen molar-refractivity contribution in [1.29, 1.82) is 0 Å². The van der Waals surface area contributed by atoms with Crippen LogP contribution in [-0.4, -0.2) is 19.5 Å². The Balaban J connectivity index is 1.21. The zero-order valence-corrected chi connectivity index (χ0v) is 26.5. The van der Waals surface area contributed by atoms with Gasteiger partial charge < -0.3 is 4.57 Å². The fourth-order valence-electron chi connectivity index (χ4n) is 7.18. The van der Waals surface area contributed by atoms with Gasteiger partial charge in [-0.25, -0.2) is 15.0 Å². The molecule has 0 atom stereocenters. The van der Waals surface area contributed by atoms with Crippen molar-refractivity contribution >= 4 is 54.1 Å². The van der Waals surface area contributed by atoms with E-state index in [1.54, 1.807) is 0 Å². The number of hydrogen-bond donors (Lipinski definition) is 0. The summed E-state index contributed by atoms with van der Waals surface area (Å²) >= 11 is 0. The molecule has 0 unspecified atom stereocenters. The van der Waals surface area contributed by atoms with Gasteiger partial charge in [0.15, 0.2) is 17.5 Å².